The highest BCUT2D eigenvalue weighted by molar-refractivity contribution is 7.89. The van der Waals surface area contributed by atoms with E-state index in [1.54, 1.807) is 18.5 Å². The molecule has 0 atom stereocenters. The molecule has 1 aromatic carbocycles. The SMILES string of the molecule is O=C(O)c1cccc(S(=O)(=O)NCCc2cccnc2)c1. The summed E-state index contributed by atoms with van der Waals surface area (Å²) in [5.41, 5.74) is 0.852. The van der Waals surface area contributed by atoms with Crippen LogP contribution in [-0.2, 0) is 16.4 Å². The number of benzene rings is 1. The van der Waals surface area contributed by atoms with Gasteiger partial charge in [0, 0.05) is 18.9 Å². The number of hydrogen-bond donors (Lipinski definition) is 2. The Morgan fingerprint density at radius 3 is 2.71 bits per heavy atom. The molecule has 7 heteroatoms. The molecule has 1 aromatic heterocycles. The van der Waals surface area contributed by atoms with E-state index >= 15 is 0 Å². The molecule has 6 nitrogen and oxygen atoms in total. The molecule has 0 spiro atoms. The number of nitrogens with zero attached hydrogens (tertiary/aromatic N) is 1. The van der Waals surface area contributed by atoms with E-state index in [9.17, 15) is 13.2 Å². The van der Waals surface area contributed by atoms with Crippen molar-refractivity contribution in [2.24, 2.45) is 0 Å². The van der Waals surface area contributed by atoms with Crippen molar-refractivity contribution in [1.29, 1.82) is 0 Å². The molecule has 0 aliphatic heterocycles. The largest absolute Gasteiger partial charge is 0.478 e. The predicted molar refractivity (Wildman–Crippen MR) is 76.5 cm³/mol. The molecule has 0 saturated heterocycles. The van der Waals surface area contributed by atoms with Gasteiger partial charge in [0.15, 0.2) is 0 Å². The molecule has 0 radical (unpaired) electrons. The van der Waals surface area contributed by atoms with Crippen LogP contribution in [0, 0.1) is 0 Å². The fourth-order valence-electron chi connectivity index (χ4n) is 1.76. The molecule has 0 aliphatic carbocycles. The van der Waals surface area contributed by atoms with Gasteiger partial charge in [-0.25, -0.2) is 17.9 Å². The summed E-state index contributed by atoms with van der Waals surface area (Å²) in [4.78, 5) is 14.7. The Kier molecular flexibility index (Phi) is 4.66. The van der Waals surface area contributed by atoms with Crippen molar-refractivity contribution in [2.75, 3.05) is 6.54 Å². The number of aromatic nitrogens is 1. The summed E-state index contributed by atoms with van der Waals surface area (Å²) in [6.07, 6.45) is 3.82. The monoisotopic (exact) mass is 306 g/mol. The van der Waals surface area contributed by atoms with Crippen LogP contribution >= 0.6 is 0 Å². The Morgan fingerprint density at radius 1 is 1.24 bits per heavy atom. The average molecular weight is 306 g/mol. The first-order chi connectivity index (χ1) is 9.99. The maximum Gasteiger partial charge on any atom is 0.335 e. The van der Waals surface area contributed by atoms with E-state index in [1.807, 2.05) is 6.07 Å². The number of sulfonamides is 1. The second kappa shape index (κ2) is 6.47. The third-order valence-electron chi connectivity index (χ3n) is 2.82. The Bertz CT molecular complexity index is 730. The Hall–Kier alpha value is -2.25. The second-order valence-electron chi connectivity index (χ2n) is 4.34. The number of aromatic carboxylic acids is 1. The van der Waals surface area contributed by atoms with Crippen molar-refractivity contribution in [3.05, 3.63) is 59.9 Å². The van der Waals surface area contributed by atoms with Crippen LogP contribution in [0.15, 0.2) is 53.7 Å². The van der Waals surface area contributed by atoms with Gasteiger partial charge >= 0.3 is 5.97 Å². The minimum atomic E-state index is -3.72. The number of carboxylic acids is 1. The Labute approximate surface area is 122 Å². The summed E-state index contributed by atoms with van der Waals surface area (Å²) >= 11 is 0. The first-order valence-corrected chi connectivity index (χ1v) is 7.69. The first kappa shape index (κ1) is 15.1. The second-order valence-corrected chi connectivity index (χ2v) is 6.11. The number of rotatable bonds is 6. The molecule has 0 amide bonds. The molecule has 110 valence electrons. The fourth-order valence-corrected chi connectivity index (χ4v) is 2.83. The van der Waals surface area contributed by atoms with E-state index in [2.05, 4.69) is 9.71 Å². The van der Waals surface area contributed by atoms with Crippen LogP contribution in [0.2, 0.25) is 0 Å². The molecule has 0 fully saturated rings. The Balaban J connectivity index is 2.05. The summed E-state index contributed by atoms with van der Waals surface area (Å²) in [5.74, 6) is -1.16. The molecular formula is C14H14N2O4S. The predicted octanol–water partition coefficient (Wildman–Crippen LogP) is 1.30. The molecule has 2 aromatic rings. The van der Waals surface area contributed by atoms with Crippen LogP contribution in [0.4, 0.5) is 0 Å². The van der Waals surface area contributed by atoms with E-state index in [1.165, 1.54) is 18.2 Å². The first-order valence-electron chi connectivity index (χ1n) is 6.21. The van der Waals surface area contributed by atoms with Gasteiger partial charge in [-0.1, -0.05) is 12.1 Å². The van der Waals surface area contributed by atoms with Gasteiger partial charge in [-0.15, -0.1) is 0 Å². The lowest BCUT2D eigenvalue weighted by molar-refractivity contribution is 0.0696. The fraction of sp³-hybridized carbons (Fsp3) is 0.143. The van der Waals surface area contributed by atoms with Crippen LogP contribution in [-0.4, -0.2) is 31.0 Å². The summed E-state index contributed by atoms with van der Waals surface area (Å²) < 4.78 is 26.6. The zero-order valence-corrected chi connectivity index (χ0v) is 11.9. The maximum atomic E-state index is 12.1. The van der Waals surface area contributed by atoms with Gasteiger partial charge in [-0.2, -0.15) is 0 Å². The Morgan fingerprint density at radius 2 is 2.05 bits per heavy atom. The van der Waals surface area contributed by atoms with E-state index in [4.69, 9.17) is 5.11 Å². The minimum absolute atomic E-state index is 0.0615. The van der Waals surface area contributed by atoms with Gasteiger partial charge in [0.05, 0.1) is 10.5 Å². The third-order valence-corrected chi connectivity index (χ3v) is 4.28. The smallest absolute Gasteiger partial charge is 0.335 e. The molecule has 0 unspecified atom stereocenters. The molecule has 0 bridgehead atoms. The zero-order chi connectivity index (χ0) is 15.3. The lowest BCUT2D eigenvalue weighted by Gasteiger charge is -2.07. The van der Waals surface area contributed by atoms with Gasteiger partial charge in [0.2, 0.25) is 10.0 Å². The average Bonchev–Trinajstić information content (AvgIpc) is 2.48. The van der Waals surface area contributed by atoms with Crippen LogP contribution < -0.4 is 4.72 Å². The normalized spacial score (nSPS) is 11.2. The number of carbonyl (C=O) groups is 1. The van der Waals surface area contributed by atoms with E-state index in [0.29, 0.717) is 6.42 Å². The lowest BCUT2D eigenvalue weighted by Crippen LogP contribution is -2.26. The molecule has 2 N–H and O–H groups in total. The topological polar surface area (TPSA) is 96.4 Å². The van der Waals surface area contributed by atoms with Crippen LogP contribution in [0.3, 0.4) is 0 Å². The third kappa shape index (κ3) is 4.11. The summed E-state index contributed by atoms with van der Waals surface area (Å²) in [5, 5.41) is 8.88. The summed E-state index contributed by atoms with van der Waals surface area (Å²) in [6.45, 7) is 0.214. The van der Waals surface area contributed by atoms with Crippen LogP contribution in [0.1, 0.15) is 15.9 Å². The summed E-state index contributed by atoms with van der Waals surface area (Å²) in [6, 6.07) is 8.87. The maximum absolute atomic E-state index is 12.1. The zero-order valence-electron chi connectivity index (χ0n) is 11.1. The summed E-state index contributed by atoms with van der Waals surface area (Å²) in [7, 11) is -3.72. The molecular weight excluding hydrogens is 292 g/mol. The van der Waals surface area contributed by atoms with Crippen LogP contribution in [0.5, 0.6) is 0 Å². The van der Waals surface area contributed by atoms with Crippen molar-refractivity contribution in [3.8, 4) is 0 Å². The number of carboxylic acid groups (broad SMARTS) is 1. The number of hydrogen-bond acceptors (Lipinski definition) is 4. The number of pyridine rings is 1. The highest BCUT2D eigenvalue weighted by Gasteiger charge is 2.15. The molecule has 0 aliphatic rings. The number of nitrogens with one attached hydrogen (secondary N) is 1. The minimum Gasteiger partial charge on any atom is -0.478 e. The van der Waals surface area contributed by atoms with Crippen molar-refractivity contribution in [3.63, 3.8) is 0 Å². The van der Waals surface area contributed by atoms with Crippen molar-refractivity contribution < 1.29 is 18.3 Å². The molecule has 0 saturated carbocycles. The standard InChI is InChI=1S/C14H14N2O4S/c17-14(18)12-4-1-5-13(9-12)21(19,20)16-8-6-11-3-2-7-15-10-11/h1-5,7,9-10,16H,6,8H2,(H,17,18). The molecule has 21 heavy (non-hydrogen) atoms. The van der Waals surface area contributed by atoms with Gasteiger partial charge in [-0.3, -0.25) is 4.98 Å². The van der Waals surface area contributed by atoms with Gasteiger partial charge < -0.3 is 5.11 Å². The highest BCUT2D eigenvalue weighted by Crippen LogP contribution is 2.11. The van der Waals surface area contributed by atoms with Crippen molar-refractivity contribution in [1.82, 2.24) is 9.71 Å². The van der Waals surface area contributed by atoms with E-state index in [-0.39, 0.29) is 17.0 Å². The highest BCUT2D eigenvalue weighted by atomic mass is 32.2. The van der Waals surface area contributed by atoms with E-state index < -0.39 is 16.0 Å². The van der Waals surface area contributed by atoms with Crippen molar-refractivity contribution >= 4 is 16.0 Å². The van der Waals surface area contributed by atoms with Gasteiger partial charge in [0.1, 0.15) is 0 Å². The van der Waals surface area contributed by atoms with Crippen molar-refractivity contribution in [2.45, 2.75) is 11.3 Å². The quantitative estimate of drug-likeness (QED) is 0.838. The van der Waals surface area contributed by atoms with Crippen LogP contribution in [0.25, 0.3) is 0 Å². The van der Waals surface area contributed by atoms with Gasteiger partial charge in [-0.05, 0) is 36.2 Å². The molecule has 2 rings (SSSR count). The lowest BCUT2D eigenvalue weighted by atomic mass is 10.2. The van der Waals surface area contributed by atoms with E-state index in [0.717, 1.165) is 11.6 Å². The molecule has 1 heterocycles. The van der Waals surface area contributed by atoms with Gasteiger partial charge in [0.25, 0.3) is 0 Å².